The van der Waals surface area contributed by atoms with E-state index in [1.54, 1.807) is 0 Å². The zero-order chi connectivity index (χ0) is 14.9. The second-order valence-electron chi connectivity index (χ2n) is 6.91. The lowest BCUT2D eigenvalue weighted by Crippen LogP contribution is -2.27. The molecular formula is C18H27NOS. The summed E-state index contributed by atoms with van der Waals surface area (Å²) in [4.78, 5) is 0. The van der Waals surface area contributed by atoms with E-state index in [9.17, 15) is 0 Å². The molecule has 1 heterocycles. The van der Waals surface area contributed by atoms with E-state index >= 15 is 0 Å². The summed E-state index contributed by atoms with van der Waals surface area (Å²) in [7, 11) is 0. The molecule has 1 N–H and O–H groups in total. The summed E-state index contributed by atoms with van der Waals surface area (Å²) in [6.07, 6.45) is 5.03. The lowest BCUT2D eigenvalue weighted by Gasteiger charge is -2.19. The molecule has 0 aromatic heterocycles. The molecule has 0 radical (unpaired) electrons. The van der Waals surface area contributed by atoms with Gasteiger partial charge in [0.2, 0.25) is 0 Å². The number of ether oxygens (including phenoxy) is 1. The molecule has 2 nitrogen and oxygen atoms in total. The van der Waals surface area contributed by atoms with Crippen LogP contribution < -0.4 is 10.1 Å². The summed E-state index contributed by atoms with van der Waals surface area (Å²) in [5, 5.41) is 4.61. The minimum atomic E-state index is -0.0470. The van der Waals surface area contributed by atoms with Crippen LogP contribution in [0.15, 0.2) is 18.2 Å². The SMILES string of the molecule is CCSC1CCC(NCc2cccc3c2OC(C)(C)C3)C1. The standard InChI is InChI=1S/C18H27NOS/c1-4-21-16-9-8-15(10-16)19-12-14-7-5-6-13-11-18(2,3)20-17(13)14/h5-7,15-16,19H,4,8-12H2,1-3H3. The average molecular weight is 305 g/mol. The van der Waals surface area contributed by atoms with Gasteiger partial charge in [-0.2, -0.15) is 11.8 Å². The molecular weight excluding hydrogens is 278 g/mol. The van der Waals surface area contributed by atoms with Gasteiger partial charge in [0.15, 0.2) is 0 Å². The summed E-state index contributed by atoms with van der Waals surface area (Å²) >= 11 is 2.12. The molecule has 21 heavy (non-hydrogen) atoms. The molecule has 0 bridgehead atoms. The molecule has 2 aliphatic rings. The predicted octanol–water partition coefficient (Wildman–Crippen LogP) is 4.16. The number of nitrogens with one attached hydrogen (secondary N) is 1. The van der Waals surface area contributed by atoms with Gasteiger partial charge in [-0.25, -0.2) is 0 Å². The molecule has 0 spiro atoms. The quantitative estimate of drug-likeness (QED) is 0.882. The number of hydrogen-bond donors (Lipinski definition) is 1. The fraction of sp³-hybridized carbons (Fsp3) is 0.667. The molecule has 2 atom stereocenters. The van der Waals surface area contributed by atoms with Crippen LogP contribution in [0.25, 0.3) is 0 Å². The maximum absolute atomic E-state index is 6.16. The van der Waals surface area contributed by atoms with Crippen molar-refractivity contribution < 1.29 is 4.74 Å². The van der Waals surface area contributed by atoms with Gasteiger partial charge in [0.05, 0.1) is 0 Å². The minimum absolute atomic E-state index is 0.0470. The highest BCUT2D eigenvalue weighted by atomic mass is 32.2. The van der Waals surface area contributed by atoms with Crippen LogP contribution >= 0.6 is 11.8 Å². The third-order valence-electron chi connectivity index (χ3n) is 4.54. The highest BCUT2D eigenvalue weighted by Crippen LogP contribution is 2.38. The number of thioether (sulfide) groups is 1. The van der Waals surface area contributed by atoms with Crippen LogP contribution in [0.2, 0.25) is 0 Å². The Bertz CT molecular complexity index is 500. The topological polar surface area (TPSA) is 21.3 Å². The first-order valence-electron chi connectivity index (χ1n) is 8.22. The van der Waals surface area contributed by atoms with Crippen LogP contribution in [0, 0.1) is 0 Å². The van der Waals surface area contributed by atoms with E-state index in [2.05, 4.69) is 56.0 Å². The van der Waals surface area contributed by atoms with Crippen molar-refractivity contribution in [2.45, 2.75) is 69.9 Å². The number of rotatable bonds is 5. The molecule has 3 rings (SSSR count). The Hall–Kier alpha value is -0.670. The minimum Gasteiger partial charge on any atom is -0.487 e. The van der Waals surface area contributed by atoms with Crippen molar-refractivity contribution in [1.29, 1.82) is 0 Å². The lowest BCUT2D eigenvalue weighted by atomic mass is 10.0. The number of benzene rings is 1. The summed E-state index contributed by atoms with van der Waals surface area (Å²) in [5.41, 5.74) is 2.64. The van der Waals surface area contributed by atoms with Gasteiger partial charge in [-0.15, -0.1) is 0 Å². The van der Waals surface area contributed by atoms with E-state index in [1.807, 2.05) is 0 Å². The molecule has 1 fully saturated rings. The summed E-state index contributed by atoms with van der Waals surface area (Å²) in [6, 6.07) is 7.27. The summed E-state index contributed by atoms with van der Waals surface area (Å²) in [6.45, 7) is 7.55. The summed E-state index contributed by atoms with van der Waals surface area (Å²) in [5.74, 6) is 2.37. The first-order chi connectivity index (χ1) is 10.1. The van der Waals surface area contributed by atoms with Crippen molar-refractivity contribution in [3.63, 3.8) is 0 Å². The molecule has 116 valence electrons. The second kappa shape index (κ2) is 6.21. The second-order valence-corrected chi connectivity index (χ2v) is 8.49. The molecule has 0 saturated heterocycles. The van der Waals surface area contributed by atoms with Gasteiger partial charge < -0.3 is 10.1 Å². The average Bonchev–Trinajstić information content (AvgIpc) is 2.99. The van der Waals surface area contributed by atoms with Gasteiger partial charge in [-0.3, -0.25) is 0 Å². The van der Waals surface area contributed by atoms with Crippen molar-refractivity contribution in [2.75, 3.05) is 5.75 Å². The van der Waals surface area contributed by atoms with Crippen LogP contribution in [0.5, 0.6) is 5.75 Å². The maximum Gasteiger partial charge on any atom is 0.127 e. The van der Waals surface area contributed by atoms with Crippen molar-refractivity contribution in [2.24, 2.45) is 0 Å². The van der Waals surface area contributed by atoms with E-state index in [0.717, 1.165) is 24.0 Å². The van der Waals surface area contributed by atoms with Crippen molar-refractivity contribution in [3.05, 3.63) is 29.3 Å². The number of fused-ring (bicyclic) bond motifs is 1. The maximum atomic E-state index is 6.16. The Morgan fingerprint density at radius 1 is 1.33 bits per heavy atom. The zero-order valence-corrected chi connectivity index (χ0v) is 14.3. The van der Waals surface area contributed by atoms with Crippen LogP contribution in [0.1, 0.15) is 51.2 Å². The molecule has 1 aromatic rings. The molecule has 1 aliphatic carbocycles. The zero-order valence-electron chi connectivity index (χ0n) is 13.4. The van der Waals surface area contributed by atoms with Gasteiger partial charge in [0, 0.05) is 29.8 Å². The Morgan fingerprint density at radius 2 is 2.19 bits per heavy atom. The fourth-order valence-corrected chi connectivity index (χ4v) is 4.73. The van der Waals surface area contributed by atoms with E-state index in [1.165, 1.54) is 36.1 Å². The normalized spacial score (nSPS) is 26.6. The Labute approximate surface area is 133 Å². The Kier molecular flexibility index (Phi) is 4.51. The third-order valence-corrected chi connectivity index (χ3v) is 5.77. The molecule has 3 heteroatoms. The largest absolute Gasteiger partial charge is 0.487 e. The van der Waals surface area contributed by atoms with Gasteiger partial charge in [0.1, 0.15) is 11.4 Å². The first-order valence-corrected chi connectivity index (χ1v) is 9.27. The highest BCUT2D eigenvalue weighted by Gasteiger charge is 2.31. The predicted molar refractivity (Wildman–Crippen MR) is 91.3 cm³/mol. The van der Waals surface area contributed by atoms with E-state index in [-0.39, 0.29) is 5.60 Å². The van der Waals surface area contributed by atoms with E-state index in [4.69, 9.17) is 4.74 Å². The van der Waals surface area contributed by atoms with Gasteiger partial charge in [0.25, 0.3) is 0 Å². The molecule has 1 aliphatic heterocycles. The highest BCUT2D eigenvalue weighted by molar-refractivity contribution is 7.99. The van der Waals surface area contributed by atoms with E-state index < -0.39 is 0 Å². The number of hydrogen-bond acceptors (Lipinski definition) is 3. The Morgan fingerprint density at radius 3 is 3.00 bits per heavy atom. The molecule has 0 amide bonds. The fourth-order valence-electron chi connectivity index (χ4n) is 3.59. The molecule has 1 aromatic carbocycles. The van der Waals surface area contributed by atoms with Gasteiger partial charge in [-0.05, 0) is 44.4 Å². The molecule has 2 unspecified atom stereocenters. The lowest BCUT2D eigenvalue weighted by molar-refractivity contribution is 0.137. The monoisotopic (exact) mass is 305 g/mol. The first kappa shape index (κ1) is 15.2. The smallest absolute Gasteiger partial charge is 0.127 e. The van der Waals surface area contributed by atoms with E-state index in [0.29, 0.717) is 6.04 Å². The molecule has 1 saturated carbocycles. The van der Waals surface area contributed by atoms with Crippen LogP contribution in [0.4, 0.5) is 0 Å². The van der Waals surface area contributed by atoms with Crippen molar-refractivity contribution in [1.82, 2.24) is 5.32 Å². The van der Waals surface area contributed by atoms with Gasteiger partial charge >= 0.3 is 0 Å². The summed E-state index contributed by atoms with van der Waals surface area (Å²) < 4.78 is 6.16. The number of para-hydroxylation sites is 1. The van der Waals surface area contributed by atoms with Crippen molar-refractivity contribution >= 4 is 11.8 Å². The van der Waals surface area contributed by atoms with Crippen LogP contribution in [0.3, 0.4) is 0 Å². The Balaban J connectivity index is 1.59. The van der Waals surface area contributed by atoms with Crippen molar-refractivity contribution in [3.8, 4) is 5.75 Å². The van der Waals surface area contributed by atoms with Crippen LogP contribution in [-0.4, -0.2) is 22.6 Å². The van der Waals surface area contributed by atoms with Gasteiger partial charge in [-0.1, -0.05) is 25.1 Å². The van der Waals surface area contributed by atoms with Crippen LogP contribution in [-0.2, 0) is 13.0 Å². The third kappa shape index (κ3) is 3.57.